The minimum Gasteiger partial charge on any atom is -0.494 e. The molecule has 0 radical (unpaired) electrons. The van der Waals surface area contributed by atoms with Crippen molar-refractivity contribution in [3.8, 4) is 11.5 Å². The fraction of sp³-hybridized carbons (Fsp3) is 0.250. The van der Waals surface area contributed by atoms with Crippen molar-refractivity contribution < 1.29 is 19.0 Å². The number of aliphatic hydroxyl groups is 1. The van der Waals surface area contributed by atoms with Crippen LogP contribution in [0, 0.1) is 12.7 Å². The van der Waals surface area contributed by atoms with Crippen LogP contribution < -0.4 is 9.47 Å². The Morgan fingerprint density at radius 3 is 2.45 bits per heavy atom. The standard InChI is InChI=1S/C16H17FO3/c1-11-3-6-13(7-4-11)20-10-15(18)12-5-8-16(19-2)14(17)9-12/h3-9,15,18H,10H2,1-2H3. The Labute approximate surface area is 117 Å². The first-order valence-corrected chi connectivity index (χ1v) is 6.31. The van der Waals surface area contributed by atoms with Gasteiger partial charge in [0.25, 0.3) is 0 Å². The molecule has 0 aliphatic rings. The van der Waals surface area contributed by atoms with Crippen LogP contribution in [-0.4, -0.2) is 18.8 Å². The smallest absolute Gasteiger partial charge is 0.165 e. The topological polar surface area (TPSA) is 38.7 Å². The van der Waals surface area contributed by atoms with Crippen LogP contribution in [0.2, 0.25) is 0 Å². The highest BCUT2D eigenvalue weighted by atomic mass is 19.1. The molecular weight excluding hydrogens is 259 g/mol. The Morgan fingerprint density at radius 2 is 1.85 bits per heavy atom. The molecule has 20 heavy (non-hydrogen) atoms. The molecule has 2 aromatic carbocycles. The van der Waals surface area contributed by atoms with Gasteiger partial charge < -0.3 is 14.6 Å². The summed E-state index contributed by atoms with van der Waals surface area (Å²) in [6.45, 7) is 2.05. The normalized spacial score (nSPS) is 12.0. The van der Waals surface area contributed by atoms with Crippen molar-refractivity contribution in [2.75, 3.05) is 13.7 Å². The van der Waals surface area contributed by atoms with E-state index in [4.69, 9.17) is 9.47 Å². The van der Waals surface area contributed by atoms with Gasteiger partial charge >= 0.3 is 0 Å². The molecule has 0 bridgehead atoms. The third-order valence-electron chi connectivity index (χ3n) is 2.99. The minimum atomic E-state index is -0.892. The third-order valence-corrected chi connectivity index (χ3v) is 2.99. The zero-order valence-corrected chi connectivity index (χ0v) is 11.5. The number of benzene rings is 2. The van der Waals surface area contributed by atoms with Gasteiger partial charge in [0.1, 0.15) is 18.5 Å². The SMILES string of the molecule is COc1ccc(C(O)COc2ccc(C)cc2)cc1F. The van der Waals surface area contributed by atoms with Crippen LogP contribution in [0.3, 0.4) is 0 Å². The second-order valence-corrected chi connectivity index (χ2v) is 4.53. The van der Waals surface area contributed by atoms with Crippen molar-refractivity contribution in [2.45, 2.75) is 13.0 Å². The molecule has 4 heteroatoms. The van der Waals surface area contributed by atoms with Crippen molar-refractivity contribution in [1.82, 2.24) is 0 Å². The van der Waals surface area contributed by atoms with Crippen LogP contribution >= 0.6 is 0 Å². The van der Waals surface area contributed by atoms with Gasteiger partial charge in [0.05, 0.1) is 7.11 Å². The summed E-state index contributed by atoms with van der Waals surface area (Å²) >= 11 is 0. The van der Waals surface area contributed by atoms with E-state index >= 15 is 0 Å². The van der Waals surface area contributed by atoms with Crippen molar-refractivity contribution in [3.05, 3.63) is 59.4 Å². The molecule has 106 valence electrons. The molecule has 1 N–H and O–H groups in total. The lowest BCUT2D eigenvalue weighted by Crippen LogP contribution is -2.10. The van der Waals surface area contributed by atoms with E-state index in [1.807, 2.05) is 31.2 Å². The molecule has 0 saturated carbocycles. The number of rotatable bonds is 5. The first-order chi connectivity index (χ1) is 9.60. The number of halogens is 1. The summed E-state index contributed by atoms with van der Waals surface area (Å²) in [5.41, 5.74) is 1.59. The third kappa shape index (κ3) is 3.48. The molecule has 0 aliphatic heterocycles. The second-order valence-electron chi connectivity index (χ2n) is 4.53. The summed E-state index contributed by atoms with van der Waals surface area (Å²) in [5.74, 6) is 0.323. The average Bonchev–Trinajstić information content (AvgIpc) is 2.46. The van der Waals surface area contributed by atoms with Crippen LogP contribution in [0.4, 0.5) is 4.39 Å². The predicted octanol–water partition coefficient (Wildman–Crippen LogP) is 3.26. The lowest BCUT2D eigenvalue weighted by atomic mass is 10.1. The number of aryl methyl sites for hydroxylation is 1. The van der Waals surface area contributed by atoms with Crippen molar-refractivity contribution >= 4 is 0 Å². The highest BCUT2D eigenvalue weighted by Gasteiger charge is 2.12. The van der Waals surface area contributed by atoms with Crippen LogP contribution in [0.5, 0.6) is 11.5 Å². The van der Waals surface area contributed by atoms with Crippen molar-refractivity contribution in [3.63, 3.8) is 0 Å². The van der Waals surface area contributed by atoms with Gasteiger partial charge in [0, 0.05) is 0 Å². The van der Waals surface area contributed by atoms with Crippen LogP contribution in [0.1, 0.15) is 17.2 Å². The van der Waals surface area contributed by atoms with Gasteiger partial charge in [-0.05, 0) is 36.8 Å². The number of ether oxygens (including phenoxy) is 2. The van der Waals surface area contributed by atoms with Crippen LogP contribution in [0.15, 0.2) is 42.5 Å². The average molecular weight is 276 g/mol. The minimum absolute atomic E-state index is 0.0643. The number of methoxy groups -OCH3 is 1. The van der Waals surface area contributed by atoms with Crippen LogP contribution in [-0.2, 0) is 0 Å². The fourth-order valence-electron chi connectivity index (χ4n) is 1.80. The Balaban J connectivity index is 1.99. The summed E-state index contributed by atoms with van der Waals surface area (Å²) in [5, 5.41) is 9.99. The van der Waals surface area contributed by atoms with Gasteiger partial charge in [-0.2, -0.15) is 0 Å². The molecule has 0 fully saturated rings. The maximum absolute atomic E-state index is 13.5. The Hall–Kier alpha value is -2.07. The lowest BCUT2D eigenvalue weighted by Gasteiger charge is -2.13. The highest BCUT2D eigenvalue weighted by Crippen LogP contribution is 2.22. The molecule has 1 unspecified atom stereocenters. The van der Waals surface area contributed by atoms with Gasteiger partial charge in [-0.25, -0.2) is 4.39 Å². The van der Waals surface area contributed by atoms with Gasteiger partial charge in [-0.3, -0.25) is 0 Å². The number of aliphatic hydroxyl groups excluding tert-OH is 1. The van der Waals surface area contributed by atoms with E-state index in [1.165, 1.54) is 19.2 Å². The van der Waals surface area contributed by atoms with Gasteiger partial charge in [-0.1, -0.05) is 23.8 Å². The summed E-state index contributed by atoms with van der Waals surface area (Å²) in [6.07, 6.45) is -0.892. The monoisotopic (exact) mass is 276 g/mol. The molecule has 0 aliphatic carbocycles. The maximum atomic E-state index is 13.5. The first-order valence-electron chi connectivity index (χ1n) is 6.31. The highest BCUT2D eigenvalue weighted by molar-refractivity contribution is 5.31. The van der Waals surface area contributed by atoms with Gasteiger partial charge in [0.2, 0.25) is 0 Å². The molecule has 0 aromatic heterocycles. The number of hydrogen-bond donors (Lipinski definition) is 1. The van der Waals surface area contributed by atoms with E-state index in [2.05, 4.69) is 0 Å². The van der Waals surface area contributed by atoms with E-state index in [-0.39, 0.29) is 12.4 Å². The maximum Gasteiger partial charge on any atom is 0.165 e. The molecule has 1 atom stereocenters. The Bertz CT molecular complexity index is 566. The molecule has 0 saturated heterocycles. The van der Waals surface area contributed by atoms with Gasteiger partial charge in [-0.15, -0.1) is 0 Å². The first kappa shape index (κ1) is 14.3. The van der Waals surface area contributed by atoms with Gasteiger partial charge in [0.15, 0.2) is 11.6 Å². The molecule has 0 heterocycles. The summed E-state index contributed by atoms with van der Waals surface area (Å²) in [7, 11) is 1.40. The van der Waals surface area contributed by atoms with E-state index in [9.17, 15) is 9.50 Å². The summed E-state index contributed by atoms with van der Waals surface area (Å²) < 4.78 is 23.8. The quantitative estimate of drug-likeness (QED) is 0.911. The molecule has 2 aromatic rings. The Kier molecular flexibility index (Phi) is 4.58. The van der Waals surface area contributed by atoms with E-state index in [0.29, 0.717) is 11.3 Å². The zero-order valence-electron chi connectivity index (χ0n) is 11.5. The summed E-state index contributed by atoms with van der Waals surface area (Å²) in [6, 6.07) is 11.9. The largest absolute Gasteiger partial charge is 0.494 e. The van der Waals surface area contributed by atoms with E-state index in [0.717, 1.165) is 5.56 Å². The molecule has 0 amide bonds. The molecule has 2 rings (SSSR count). The predicted molar refractivity (Wildman–Crippen MR) is 74.6 cm³/mol. The number of hydrogen-bond acceptors (Lipinski definition) is 3. The molecular formula is C16H17FO3. The van der Waals surface area contributed by atoms with Crippen LogP contribution in [0.25, 0.3) is 0 Å². The fourth-order valence-corrected chi connectivity index (χ4v) is 1.80. The van der Waals surface area contributed by atoms with Crippen molar-refractivity contribution in [1.29, 1.82) is 0 Å². The lowest BCUT2D eigenvalue weighted by molar-refractivity contribution is 0.108. The second kappa shape index (κ2) is 6.39. The summed E-state index contributed by atoms with van der Waals surface area (Å²) in [4.78, 5) is 0. The van der Waals surface area contributed by atoms with E-state index < -0.39 is 11.9 Å². The molecule has 3 nitrogen and oxygen atoms in total. The molecule has 0 spiro atoms. The van der Waals surface area contributed by atoms with E-state index in [1.54, 1.807) is 6.07 Å². The van der Waals surface area contributed by atoms with Crippen molar-refractivity contribution in [2.24, 2.45) is 0 Å². The Morgan fingerprint density at radius 1 is 1.15 bits per heavy atom. The zero-order chi connectivity index (χ0) is 14.5.